The molecule has 0 radical (unpaired) electrons. The van der Waals surface area contributed by atoms with Gasteiger partial charge in [0, 0.05) is 23.2 Å². The Morgan fingerprint density at radius 2 is 2.13 bits per heavy atom. The number of benzene rings is 1. The van der Waals surface area contributed by atoms with Gasteiger partial charge in [0.05, 0.1) is 10.4 Å². The molecule has 76 valence electrons. The third kappa shape index (κ3) is 1.50. The topological polar surface area (TPSA) is 68.9 Å². The molecule has 5 nitrogen and oxygen atoms in total. The number of fused-ring (bicyclic) bond motifs is 1. The van der Waals surface area contributed by atoms with Crippen LogP contribution in [0.5, 0.6) is 0 Å². The average molecular weight is 207 g/mol. The molecule has 0 spiro atoms. The maximum absolute atomic E-state index is 13.2. The van der Waals surface area contributed by atoms with E-state index in [1.54, 1.807) is 6.92 Å². The lowest BCUT2D eigenvalue weighted by atomic mass is 10.1. The molecule has 15 heavy (non-hydrogen) atoms. The Hall–Kier alpha value is -2.11. The summed E-state index contributed by atoms with van der Waals surface area (Å²) in [5.41, 5.74) is 0.397. The van der Waals surface area contributed by atoms with Crippen LogP contribution in [0, 0.1) is 22.9 Å². The fourth-order valence-electron chi connectivity index (χ4n) is 1.34. The minimum absolute atomic E-state index is 0.366. The number of nitro groups is 1. The fraction of sp³-hybridized carbons (Fsp3) is 0.111. The minimum atomic E-state index is -0.884. The first-order valence-electron chi connectivity index (χ1n) is 4.15. The zero-order valence-electron chi connectivity index (χ0n) is 7.77. The van der Waals surface area contributed by atoms with E-state index in [2.05, 4.69) is 9.97 Å². The van der Waals surface area contributed by atoms with Gasteiger partial charge in [-0.15, -0.1) is 0 Å². The number of halogens is 1. The number of nitrogens with zero attached hydrogens (tertiary/aromatic N) is 3. The molecule has 0 aliphatic rings. The van der Waals surface area contributed by atoms with Crippen molar-refractivity contribution < 1.29 is 9.31 Å². The molecule has 1 aromatic heterocycles. The SMILES string of the molecule is Cc1ncnc2cc(F)c([N+](=O)[O-])cc12. The summed E-state index contributed by atoms with van der Waals surface area (Å²) in [5, 5.41) is 11.0. The van der Waals surface area contributed by atoms with Gasteiger partial charge < -0.3 is 0 Å². The molecule has 1 heterocycles. The van der Waals surface area contributed by atoms with Gasteiger partial charge >= 0.3 is 5.69 Å². The first-order chi connectivity index (χ1) is 7.09. The molecule has 0 aliphatic heterocycles. The Morgan fingerprint density at radius 1 is 1.40 bits per heavy atom. The number of hydrogen-bond donors (Lipinski definition) is 0. The van der Waals surface area contributed by atoms with E-state index in [-0.39, 0.29) is 0 Å². The van der Waals surface area contributed by atoms with Crippen LogP contribution in [0.4, 0.5) is 10.1 Å². The first kappa shape index (κ1) is 9.45. The highest BCUT2D eigenvalue weighted by molar-refractivity contribution is 5.83. The molecule has 0 amide bonds. The Morgan fingerprint density at radius 3 is 2.80 bits per heavy atom. The summed E-state index contributed by atoms with van der Waals surface area (Å²) >= 11 is 0. The molecule has 0 aliphatic carbocycles. The van der Waals surface area contributed by atoms with Crippen molar-refractivity contribution in [3.63, 3.8) is 0 Å². The Kier molecular flexibility index (Phi) is 2.03. The summed E-state index contributed by atoms with van der Waals surface area (Å²) < 4.78 is 13.2. The van der Waals surface area contributed by atoms with Gasteiger partial charge in [-0.05, 0) is 6.92 Å². The van der Waals surface area contributed by atoms with Crippen molar-refractivity contribution in [3.8, 4) is 0 Å². The molecule has 2 rings (SSSR count). The lowest BCUT2D eigenvalue weighted by Gasteiger charge is -2.00. The smallest absolute Gasteiger partial charge is 0.258 e. The third-order valence-electron chi connectivity index (χ3n) is 2.10. The number of aryl methyl sites for hydroxylation is 1. The van der Waals surface area contributed by atoms with Crippen LogP contribution in [0.15, 0.2) is 18.5 Å². The highest BCUT2D eigenvalue weighted by Crippen LogP contribution is 2.24. The maximum atomic E-state index is 13.2. The summed E-state index contributed by atoms with van der Waals surface area (Å²) in [7, 11) is 0. The van der Waals surface area contributed by atoms with Crippen molar-refractivity contribution in [2.24, 2.45) is 0 Å². The van der Waals surface area contributed by atoms with Crippen LogP contribution in [-0.2, 0) is 0 Å². The molecule has 1 aromatic carbocycles. The quantitative estimate of drug-likeness (QED) is 0.529. The highest BCUT2D eigenvalue weighted by Gasteiger charge is 2.16. The second-order valence-corrected chi connectivity index (χ2v) is 3.04. The van der Waals surface area contributed by atoms with Gasteiger partial charge in [-0.3, -0.25) is 10.1 Å². The summed E-state index contributed by atoms with van der Waals surface area (Å²) in [6, 6.07) is 2.20. The van der Waals surface area contributed by atoms with E-state index in [9.17, 15) is 14.5 Å². The molecule has 0 unspecified atom stereocenters. The Balaban J connectivity index is 2.83. The predicted octanol–water partition coefficient (Wildman–Crippen LogP) is 1.99. The van der Waals surface area contributed by atoms with Crippen LogP contribution in [0.1, 0.15) is 5.69 Å². The highest BCUT2D eigenvalue weighted by atomic mass is 19.1. The summed E-state index contributed by atoms with van der Waals surface area (Å²) in [6.45, 7) is 1.69. The summed E-state index contributed by atoms with van der Waals surface area (Å²) in [5.74, 6) is -0.884. The number of rotatable bonds is 1. The van der Waals surface area contributed by atoms with Crippen molar-refractivity contribution in [1.29, 1.82) is 0 Å². The molecule has 0 N–H and O–H groups in total. The van der Waals surface area contributed by atoms with Gasteiger partial charge in [0.2, 0.25) is 5.82 Å². The normalized spacial score (nSPS) is 10.5. The molecule has 0 fully saturated rings. The van der Waals surface area contributed by atoms with Crippen molar-refractivity contribution >= 4 is 16.6 Å². The van der Waals surface area contributed by atoms with Crippen molar-refractivity contribution in [2.75, 3.05) is 0 Å². The first-order valence-corrected chi connectivity index (χ1v) is 4.15. The largest absolute Gasteiger partial charge is 0.305 e. The van der Waals surface area contributed by atoms with Gasteiger partial charge in [-0.1, -0.05) is 0 Å². The van der Waals surface area contributed by atoms with Crippen LogP contribution in [0.2, 0.25) is 0 Å². The molecule has 2 aromatic rings. The summed E-state index contributed by atoms with van der Waals surface area (Å²) in [4.78, 5) is 17.4. The minimum Gasteiger partial charge on any atom is -0.258 e. The lowest BCUT2D eigenvalue weighted by molar-refractivity contribution is -0.387. The number of hydrogen-bond acceptors (Lipinski definition) is 4. The molecular weight excluding hydrogens is 201 g/mol. The lowest BCUT2D eigenvalue weighted by Crippen LogP contribution is -1.95. The standard InChI is InChI=1S/C9H6FN3O2/c1-5-6-2-9(13(14)15)7(10)3-8(6)12-4-11-5/h2-4H,1H3. The predicted molar refractivity (Wildman–Crippen MR) is 50.9 cm³/mol. The Bertz CT molecular complexity index is 556. The number of nitro benzene ring substituents is 1. The van der Waals surface area contributed by atoms with Gasteiger partial charge in [0.15, 0.2) is 0 Å². The van der Waals surface area contributed by atoms with Gasteiger partial charge in [0.25, 0.3) is 0 Å². The van der Waals surface area contributed by atoms with Crippen LogP contribution >= 0.6 is 0 Å². The molecular formula is C9H6FN3O2. The summed E-state index contributed by atoms with van der Waals surface area (Å²) in [6.07, 6.45) is 1.29. The molecule has 0 bridgehead atoms. The van der Waals surface area contributed by atoms with E-state index in [1.165, 1.54) is 6.33 Å². The second kappa shape index (κ2) is 3.23. The van der Waals surface area contributed by atoms with E-state index in [1.807, 2.05) is 0 Å². The van der Waals surface area contributed by atoms with Crippen molar-refractivity contribution in [3.05, 3.63) is 40.1 Å². The van der Waals surface area contributed by atoms with Crippen molar-refractivity contribution in [2.45, 2.75) is 6.92 Å². The third-order valence-corrected chi connectivity index (χ3v) is 2.10. The van der Waals surface area contributed by atoms with Crippen LogP contribution in [0.25, 0.3) is 10.9 Å². The number of aromatic nitrogens is 2. The zero-order valence-corrected chi connectivity index (χ0v) is 7.77. The Labute approximate surface area is 83.7 Å². The van der Waals surface area contributed by atoms with E-state index in [4.69, 9.17) is 0 Å². The fourth-order valence-corrected chi connectivity index (χ4v) is 1.34. The van der Waals surface area contributed by atoms with E-state index >= 15 is 0 Å². The molecule has 0 saturated carbocycles. The van der Waals surface area contributed by atoms with Crippen LogP contribution in [-0.4, -0.2) is 14.9 Å². The van der Waals surface area contributed by atoms with E-state index in [0.717, 1.165) is 12.1 Å². The van der Waals surface area contributed by atoms with Gasteiger partial charge in [-0.25, -0.2) is 9.97 Å². The second-order valence-electron chi connectivity index (χ2n) is 3.04. The van der Waals surface area contributed by atoms with E-state index < -0.39 is 16.4 Å². The monoisotopic (exact) mass is 207 g/mol. The van der Waals surface area contributed by atoms with E-state index in [0.29, 0.717) is 16.6 Å². The van der Waals surface area contributed by atoms with Crippen molar-refractivity contribution in [1.82, 2.24) is 9.97 Å². The molecule has 0 atom stereocenters. The average Bonchev–Trinajstić information content (AvgIpc) is 2.16. The van der Waals surface area contributed by atoms with Gasteiger partial charge in [-0.2, -0.15) is 4.39 Å². The molecule has 0 saturated heterocycles. The molecule has 6 heteroatoms. The van der Waals surface area contributed by atoms with Crippen LogP contribution < -0.4 is 0 Å². The van der Waals surface area contributed by atoms with Gasteiger partial charge in [0.1, 0.15) is 6.33 Å². The zero-order chi connectivity index (χ0) is 11.0. The maximum Gasteiger partial charge on any atom is 0.305 e. The van der Waals surface area contributed by atoms with Crippen LogP contribution in [0.3, 0.4) is 0 Å².